The Labute approximate surface area is 133 Å². The van der Waals surface area contributed by atoms with Crippen LogP contribution in [0.5, 0.6) is 0 Å². The summed E-state index contributed by atoms with van der Waals surface area (Å²) in [4.78, 5) is 11.8. The second-order valence-corrected chi connectivity index (χ2v) is 8.98. The van der Waals surface area contributed by atoms with E-state index in [2.05, 4.69) is 12.8 Å². The fourth-order valence-electron chi connectivity index (χ4n) is 7.46. The lowest BCUT2D eigenvalue weighted by molar-refractivity contribution is -0.116. The van der Waals surface area contributed by atoms with Crippen molar-refractivity contribution in [2.75, 3.05) is 0 Å². The van der Waals surface area contributed by atoms with Crippen molar-refractivity contribution < 1.29 is 4.79 Å². The van der Waals surface area contributed by atoms with Crippen LogP contribution in [0.4, 0.5) is 0 Å². The van der Waals surface area contributed by atoms with E-state index in [0.717, 1.165) is 48.3 Å². The molecule has 2 unspecified atom stereocenters. The number of allylic oxidation sites excluding steroid dienone is 1. The number of terminal acetylenes is 1. The number of carbonyl (C=O) groups excluding carboxylic acids is 1. The van der Waals surface area contributed by atoms with Crippen molar-refractivity contribution in [1.29, 1.82) is 0 Å². The fourth-order valence-corrected chi connectivity index (χ4v) is 7.46. The van der Waals surface area contributed by atoms with Gasteiger partial charge in [-0.2, -0.15) is 0 Å². The predicted molar refractivity (Wildman–Crippen MR) is 86.8 cm³/mol. The van der Waals surface area contributed by atoms with Crippen LogP contribution in [0.15, 0.2) is 11.6 Å². The topological polar surface area (TPSA) is 17.1 Å². The van der Waals surface area contributed by atoms with Gasteiger partial charge in [0.05, 0.1) is 0 Å². The largest absolute Gasteiger partial charge is 0.295 e. The Morgan fingerprint density at radius 3 is 2.82 bits per heavy atom. The molecule has 0 radical (unpaired) electrons. The summed E-state index contributed by atoms with van der Waals surface area (Å²) < 4.78 is 0. The van der Waals surface area contributed by atoms with Crippen LogP contribution in [-0.2, 0) is 4.79 Å². The van der Waals surface area contributed by atoms with Crippen molar-refractivity contribution in [1.82, 2.24) is 0 Å². The number of ketones is 1. The monoisotopic (exact) mass is 294 g/mol. The van der Waals surface area contributed by atoms with Gasteiger partial charge in [-0.1, -0.05) is 12.5 Å². The third-order valence-electron chi connectivity index (χ3n) is 8.27. The zero-order valence-electron chi connectivity index (χ0n) is 13.6. The molecule has 5 aliphatic carbocycles. The van der Waals surface area contributed by atoms with Crippen LogP contribution < -0.4 is 0 Å². The van der Waals surface area contributed by atoms with Crippen molar-refractivity contribution >= 4 is 5.78 Å². The maximum Gasteiger partial charge on any atom is 0.155 e. The summed E-state index contributed by atoms with van der Waals surface area (Å²) in [6.45, 7) is 2.51. The van der Waals surface area contributed by atoms with Gasteiger partial charge in [-0.05, 0) is 85.5 Å². The Morgan fingerprint density at radius 1 is 1.14 bits per heavy atom. The molecule has 0 spiro atoms. The van der Waals surface area contributed by atoms with Gasteiger partial charge in [0.15, 0.2) is 5.78 Å². The summed E-state index contributed by atoms with van der Waals surface area (Å²) in [5, 5.41) is 0. The first-order valence-electron chi connectivity index (χ1n) is 9.33. The Morgan fingerprint density at radius 2 is 2.00 bits per heavy atom. The average Bonchev–Trinajstić information content (AvgIpc) is 3.21. The molecule has 1 nitrogen and oxygen atoms in total. The molecule has 0 aromatic carbocycles. The highest BCUT2D eigenvalue weighted by Gasteiger charge is 2.68. The second kappa shape index (κ2) is 4.28. The number of rotatable bonds is 0. The molecule has 8 atom stereocenters. The van der Waals surface area contributed by atoms with Crippen LogP contribution in [0.3, 0.4) is 0 Å². The van der Waals surface area contributed by atoms with Crippen molar-refractivity contribution in [3.63, 3.8) is 0 Å². The molecule has 0 saturated heterocycles. The Balaban J connectivity index is 1.49. The summed E-state index contributed by atoms with van der Waals surface area (Å²) in [6, 6.07) is 0. The van der Waals surface area contributed by atoms with Crippen molar-refractivity contribution in [2.24, 2.45) is 46.8 Å². The van der Waals surface area contributed by atoms with Crippen LogP contribution >= 0.6 is 0 Å². The first kappa shape index (κ1) is 13.4. The first-order chi connectivity index (χ1) is 10.6. The van der Waals surface area contributed by atoms with Gasteiger partial charge in [0.1, 0.15) is 0 Å². The molecule has 0 aromatic heterocycles. The molecule has 0 heterocycles. The SMILES string of the molecule is C#C[C@H]1[C@H]2C[C@H]2C2[C@@H]3CCC4=CC(=O)CC[C@@H]4C3CC[C@@]21C. The van der Waals surface area contributed by atoms with E-state index in [-0.39, 0.29) is 0 Å². The minimum atomic E-state index is 0.376. The fraction of sp³-hybridized carbons (Fsp3) is 0.762. The third-order valence-corrected chi connectivity index (χ3v) is 8.27. The van der Waals surface area contributed by atoms with Gasteiger partial charge >= 0.3 is 0 Å². The van der Waals surface area contributed by atoms with E-state index in [1.807, 2.05) is 6.08 Å². The minimum Gasteiger partial charge on any atom is -0.295 e. The average molecular weight is 294 g/mol. The Kier molecular flexibility index (Phi) is 2.61. The lowest BCUT2D eigenvalue weighted by Gasteiger charge is -2.54. The zero-order chi connectivity index (χ0) is 15.1. The van der Waals surface area contributed by atoms with Crippen LogP contribution in [0, 0.1) is 59.2 Å². The van der Waals surface area contributed by atoms with E-state index >= 15 is 0 Å². The highest BCUT2D eigenvalue weighted by Crippen LogP contribution is 2.74. The molecule has 5 aliphatic rings. The summed E-state index contributed by atoms with van der Waals surface area (Å²) >= 11 is 0. The lowest BCUT2D eigenvalue weighted by atomic mass is 9.50. The maximum atomic E-state index is 11.8. The van der Waals surface area contributed by atoms with Gasteiger partial charge < -0.3 is 0 Å². The van der Waals surface area contributed by atoms with Gasteiger partial charge in [-0.3, -0.25) is 4.79 Å². The number of hydrogen-bond acceptors (Lipinski definition) is 1. The number of fused-ring (bicyclic) bond motifs is 7. The zero-order valence-corrected chi connectivity index (χ0v) is 13.6. The normalized spacial score (nSPS) is 55.2. The molecule has 0 aromatic rings. The summed E-state index contributed by atoms with van der Waals surface area (Å²) in [7, 11) is 0. The molecule has 5 rings (SSSR count). The highest BCUT2D eigenvalue weighted by molar-refractivity contribution is 5.91. The molecular formula is C21H26O. The molecule has 0 aliphatic heterocycles. The maximum absolute atomic E-state index is 11.8. The van der Waals surface area contributed by atoms with E-state index in [1.54, 1.807) is 0 Å². The van der Waals surface area contributed by atoms with Crippen LogP contribution in [0.1, 0.15) is 51.9 Å². The highest BCUT2D eigenvalue weighted by atomic mass is 16.1. The number of hydrogen-bond donors (Lipinski definition) is 0. The molecule has 22 heavy (non-hydrogen) atoms. The molecule has 0 N–H and O–H groups in total. The molecular weight excluding hydrogens is 268 g/mol. The summed E-state index contributed by atoms with van der Waals surface area (Å²) in [5.41, 5.74) is 1.93. The predicted octanol–water partition coefficient (Wildman–Crippen LogP) is 4.23. The quantitative estimate of drug-likeness (QED) is 0.611. The van der Waals surface area contributed by atoms with E-state index in [0.29, 0.717) is 17.1 Å². The summed E-state index contributed by atoms with van der Waals surface area (Å²) in [6.07, 6.45) is 16.5. The molecule has 116 valence electrons. The number of carbonyl (C=O) groups is 1. The van der Waals surface area contributed by atoms with Gasteiger partial charge in [-0.25, -0.2) is 0 Å². The van der Waals surface area contributed by atoms with Crippen LogP contribution in [0.2, 0.25) is 0 Å². The minimum absolute atomic E-state index is 0.376. The van der Waals surface area contributed by atoms with Crippen molar-refractivity contribution in [3.8, 4) is 12.3 Å². The Bertz CT molecular complexity index is 608. The van der Waals surface area contributed by atoms with E-state index < -0.39 is 0 Å². The van der Waals surface area contributed by atoms with Crippen molar-refractivity contribution in [3.05, 3.63) is 11.6 Å². The van der Waals surface area contributed by atoms with Gasteiger partial charge in [0, 0.05) is 12.3 Å². The summed E-state index contributed by atoms with van der Waals surface area (Å²) in [5.74, 6) is 9.26. The Hall–Kier alpha value is -1.03. The molecule has 4 saturated carbocycles. The van der Waals surface area contributed by atoms with Crippen LogP contribution in [-0.4, -0.2) is 5.78 Å². The van der Waals surface area contributed by atoms with Gasteiger partial charge in [0.2, 0.25) is 0 Å². The molecule has 4 fully saturated rings. The van der Waals surface area contributed by atoms with Gasteiger partial charge in [-0.15, -0.1) is 12.3 Å². The smallest absolute Gasteiger partial charge is 0.155 e. The third kappa shape index (κ3) is 1.54. The van der Waals surface area contributed by atoms with E-state index in [1.165, 1.54) is 37.7 Å². The standard InChI is InChI=1S/C21H26O/c1-3-19-17-11-18(17)20-16-6-4-12-10-13(22)5-7-14(12)15(16)8-9-21(19,20)2/h1,10,14-20H,4-9,11H2,2H3/t14-,15?,16+,17-,18+,19-,20?,21+/m0/s1. The van der Waals surface area contributed by atoms with Crippen LogP contribution in [0.25, 0.3) is 0 Å². The van der Waals surface area contributed by atoms with Gasteiger partial charge in [0.25, 0.3) is 0 Å². The molecule has 0 bridgehead atoms. The van der Waals surface area contributed by atoms with E-state index in [9.17, 15) is 4.79 Å². The lowest BCUT2D eigenvalue weighted by Crippen LogP contribution is -2.47. The van der Waals surface area contributed by atoms with E-state index in [4.69, 9.17) is 6.42 Å². The second-order valence-electron chi connectivity index (χ2n) is 8.98. The van der Waals surface area contributed by atoms with Crippen molar-refractivity contribution in [2.45, 2.75) is 51.9 Å². The molecule has 1 heteroatoms. The molecule has 0 amide bonds. The first-order valence-corrected chi connectivity index (χ1v) is 9.33.